The Labute approximate surface area is 131 Å². The molecule has 1 aliphatic heterocycles. The number of hydrogen-bond acceptors (Lipinski definition) is 4. The molecular formula is C13H15BrN2O4S. The van der Waals surface area contributed by atoms with Crippen molar-refractivity contribution in [2.45, 2.75) is 29.9 Å². The number of halogens is 1. The van der Waals surface area contributed by atoms with E-state index in [0.29, 0.717) is 6.54 Å². The van der Waals surface area contributed by atoms with E-state index >= 15 is 0 Å². The molecule has 1 atom stereocenters. The zero-order valence-electron chi connectivity index (χ0n) is 11.2. The SMILES string of the molecule is O=C1OC(CNS(=O)(=O)c2ccc(Br)cc2)CN1C1CC1. The third kappa shape index (κ3) is 3.38. The molecule has 1 amide bonds. The van der Waals surface area contributed by atoms with Crippen molar-refractivity contribution in [3.63, 3.8) is 0 Å². The first-order valence-corrected chi connectivity index (χ1v) is 8.96. The topological polar surface area (TPSA) is 75.7 Å². The van der Waals surface area contributed by atoms with Gasteiger partial charge >= 0.3 is 6.09 Å². The number of hydrogen-bond donors (Lipinski definition) is 1. The second kappa shape index (κ2) is 5.58. The minimum absolute atomic E-state index is 0.0906. The number of cyclic esters (lactones) is 1. The molecule has 2 fully saturated rings. The third-order valence-electron chi connectivity index (χ3n) is 3.51. The number of carbonyl (C=O) groups excluding carboxylic acids is 1. The largest absolute Gasteiger partial charge is 0.443 e. The molecule has 1 saturated heterocycles. The van der Waals surface area contributed by atoms with Gasteiger partial charge in [-0.2, -0.15) is 0 Å². The number of benzene rings is 1. The molecule has 1 unspecified atom stereocenters. The van der Waals surface area contributed by atoms with Crippen molar-refractivity contribution in [3.8, 4) is 0 Å². The molecule has 8 heteroatoms. The molecule has 2 aliphatic rings. The maximum atomic E-state index is 12.1. The summed E-state index contributed by atoms with van der Waals surface area (Å²) >= 11 is 3.26. The van der Waals surface area contributed by atoms with Crippen molar-refractivity contribution in [3.05, 3.63) is 28.7 Å². The zero-order chi connectivity index (χ0) is 15.0. The summed E-state index contributed by atoms with van der Waals surface area (Å²) in [6, 6.07) is 6.65. The molecule has 0 bridgehead atoms. The smallest absolute Gasteiger partial charge is 0.410 e. The van der Waals surface area contributed by atoms with Crippen molar-refractivity contribution in [1.29, 1.82) is 0 Å². The Morgan fingerprint density at radius 2 is 1.95 bits per heavy atom. The van der Waals surface area contributed by atoms with E-state index in [-0.39, 0.29) is 23.6 Å². The van der Waals surface area contributed by atoms with E-state index in [1.165, 1.54) is 12.1 Å². The van der Waals surface area contributed by atoms with Crippen molar-refractivity contribution >= 4 is 32.0 Å². The van der Waals surface area contributed by atoms with E-state index in [1.54, 1.807) is 17.0 Å². The van der Waals surface area contributed by atoms with Gasteiger partial charge in [0, 0.05) is 17.1 Å². The van der Waals surface area contributed by atoms with Gasteiger partial charge in [-0.3, -0.25) is 0 Å². The number of rotatable bonds is 5. The molecule has 0 aromatic heterocycles. The van der Waals surface area contributed by atoms with Gasteiger partial charge in [0.1, 0.15) is 6.10 Å². The predicted molar refractivity (Wildman–Crippen MR) is 79.3 cm³/mol. The van der Waals surface area contributed by atoms with Crippen LogP contribution in [0.3, 0.4) is 0 Å². The van der Waals surface area contributed by atoms with Crippen LogP contribution < -0.4 is 4.72 Å². The van der Waals surface area contributed by atoms with Crippen LogP contribution in [0.1, 0.15) is 12.8 Å². The van der Waals surface area contributed by atoms with Crippen LogP contribution >= 0.6 is 15.9 Å². The molecule has 0 spiro atoms. The molecule has 114 valence electrons. The Bertz CT molecular complexity index is 643. The number of nitrogens with one attached hydrogen (secondary N) is 1. The molecule has 1 heterocycles. The molecule has 1 aromatic rings. The summed E-state index contributed by atoms with van der Waals surface area (Å²) in [5.74, 6) is 0. The fourth-order valence-corrected chi connectivity index (χ4v) is 3.56. The van der Waals surface area contributed by atoms with Gasteiger partial charge in [0.05, 0.1) is 11.4 Å². The fourth-order valence-electron chi connectivity index (χ4n) is 2.23. The van der Waals surface area contributed by atoms with Crippen LogP contribution in [0, 0.1) is 0 Å². The van der Waals surface area contributed by atoms with Crippen LogP contribution in [0.2, 0.25) is 0 Å². The van der Waals surface area contributed by atoms with E-state index in [4.69, 9.17) is 4.74 Å². The van der Waals surface area contributed by atoms with Crippen molar-refractivity contribution in [1.82, 2.24) is 9.62 Å². The Morgan fingerprint density at radius 3 is 2.57 bits per heavy atom. The summed E-state index contributed by atoms with van der Waals surface area (Å²) in [4.78, 5) is 13.5. The first-order valence-electron chi connectivity index (χ1n) is 6.68. The number of carbonyl (C=O) groups is 1. The summed E-state index contributed by atoms with van der Waals surface area (Å²) in [6.45, 7) is 0.541. The van der Waals surface area contributed by atoms with Gasteiger partial charge in [-0.05, 0) is 37.1 Å². The molecule has 1 saturated carbocycles. The van der Waals surface area contributed by atoms with Crippen LogP contribution in [0.5, 0.6) is 0 Å². The van der Waals surface area contributed by atoms with Crippen LogP contribution in [0.25, 0.3) is 0 Å². The molecule has 0 radical (unpaired) electrons. The first kappa shape index (κ1) is 14.8. The van der Waals surface area contributed by atoms with Gasteiger partial charge in [-0.15, -0.1) is 0 Å². The standard InChI is InChI=1S/C13H15BrN2O4S/c14-9-1-5-12(6-2-9)21(18,19)15-7-11-8-16(10-3-4-10)13(17)20-11/h1-2,5-6,10-11,15H,3-4,7-8H2. The lowest BCUT2D eigenvalue weighted by Gasteiger charge is -2.11. The highest BCUT2D eigenvalue weighted by Crippen LogP contribution is 2.30. The summed E-state index contributed by atoms with van der Waals surface area (Å²) in [5.41, 5.74) is 0. The average molecular weight is 375 g/mol. The van der Waals surface area contributed by atoms with Gasteiger partial charge in [0.25, 0.3) is 0 Å². The highest BCUT2D eigenvalue weighted by atomic mass is 79.9. The summed E-state index contributed by atoms with van der Waals surface area (Å²) in [5, 5.41) is 0. The molecule has 3 rings (SSSR count). The average Bonchev–Trinajstić information content (AvgIpc) is 3.21. The van der Waals surface area contributed by atoms with Crippen LogP contribution in [0.4, 0.5) is 4.79 Å². The number of nitrogens with zero attached hydrogens (tertiary/aromatic N) is 1. The maximum Gasteiger partial charge on any atom is 0.410 e. The second-order valence-corrected chi connectivity index (χ2v) is 7.88. The molecule has 21 heavy (non-hydrogen) atoms. The summed E-state index contributed by atoms with van der Waals surface area (Å²) < 4.78 is 32.7. The van der Waals surface area contributed by atoms with Crippen molar-refractivity contribution in [2.24, 2.45) is 0 Å². The number of sulfonamides is 1. The lowest BCUT2D eigenvalue weighted by molar-refractivity contribution is 0.133. The van der Waals surface area contributed by atoms with E-state index in [9.17, 15) is 13.2 Å². The summed E-state index contributed by atoms with van der Waals surface area (Å²) in [7, 11) is -3.58. The highest BCUT2D eigenvalue weighted by molar-refractivity contribution is 9.10. The lowest BCUT2D eigenvalue weighted by atomic mass is 10.3. The Hall–Kier alpha value is -1.12. The van der Waals surface area contributed by atoms with Gasteiger partial charge < -0.3 is 9.64 Å². The van der Waals surface area contributed by atoms with E-state index in [2.05, 4.69) is 20.7 Å². The Kier molecular flexibility index (Phi) is 3.94. The van der Waals surface area contributed by atoms with Gasteiger partial charge in [-0.1, -0.05) is 15.9 Å². The van der Waals surface area contributed by atoms with Gasteiger partial charge in [-0.25, -0.2) is 17.9 Å². The second-order valence-electron chi connectivity index (χ2n) is 5.20. The van der Waals surface area contributed by atoms with Crippen LogP contribution in [0.15, 0.2) is 33.6 Å². The van der Waals surface area contributed by atoms with E-state index < -0.39 is 16.1 Å². The van der Waals surface area contributed by atoms with Crippen molar-refractivity contribution < 1.29 is 17.9 Å². The molecular weight excluding hydrogens is 360 g/mol. The lowest BCUT2D eigenvalue weighted by Crippen LogP contribution is -2.35. The summed E-state index contributed by atoms with van der Waals surface area (Å²) in [6.07, 6.45) is 1.24. The molecule has 1 aromatic carbocycles. The van der Waals surface area contributed by atoms with Crippen molar-refractivity contribution in [2.75, 3.05) is 13.1 Å². The normalized spacial score (nSPS) is 22.4. The predicted octanol–water partition coefficient (Wildman–Crippen LogP) is 1.71. The molecule has 6 nitrogen and oxygen atoms in total. The molecule has 1 aliphatic carbocycles. The monoisotopic (exact) mass is 374 g/mol. The number of amides is 1. The Morgan fingerprint density at radius 1 is 1.29 bits per heavy atom. The highest BCUT2D eigenvalue weighted by Gasteiger charge is 2.41. The third-order valence-corrected chi connectivity index (χ3v) is 5.48. The number of ether oxygens (including phenoxy) is 1. The van der Waals surface area contributed by atoms with Crippen LogP contribution in [-0.4, -0.2) is 44.6 Å². The van der Waals surface area contributed by atoms with E-state index in [0.717, 1.165) is 17.3 Å². The minimum atomic E-state index is -3.58. The van der Waals surface area contributed by atoms with Crippen LogP contribution in [-0.2, 0) is 14.8 Å². The van der Waals surface area contributed by atoms with Gasteiger partial charge in [0.15, 0.2) is 0 Å². The minimum Gasteiger partial charge on any atom is -0.443 e. The fraction of sp³-hybridized carbons (Fsp3) is 0.462. The Balaban J connectivity index is 1.59. The van der Waals surface area contributed by atoms with Gasteiger partial charge in [0.2, 0.25) is 10.0 Å². The van der Waals surface area contributed by atoms with E-state index in [1.807, 2.05) is 0 Å². The zero-order valence-corrected chi connectivity index (χ0v) is 13.6. The quantitative estimate of drug-likeness (QED) is 0.850. The first-order chi connectivity index (χ1) is 9.95. The molecule has 1 N–H and O–H groups in total. The maximum absolute atomic E-state index is 12.1.